The molecule has 1 fully saturated rings. The van der Waals surface area contributed by atoms with Gasteiger partial charge >= 0.3 is 5.97 Å². The molecule has 5 nitrogen and oxygen atoms in total. The zero-order valence-corrected chi connectivity index (χ0v) is 14.3. The van der Waals surface area contributed by atoms with Gasteiger partial charge < -0.3 is 4.74 Å². The molecular formula is C18H19F2N3O2. The molecule has 1 saturated carbocycles. The summed E-state index contributed by atoms with van der Waals surface area (Å²) in [6.07, 6.45) is 1.66. The lowest BCUT2D eigenvalue weighted by molar-refractivity contribution is -0.0708. The molecule has 2 aliphatic carbocycles. The first-order valence-electron chi connectivity index (χ1n) is 8.28. The molecule has 2 heterocycles. The molecule has 0 aliphatic heterocycles. The lowest BCUT2D eigenvalue weighted by atomic mass is 9.77. The second-order valence-corrected chi connectivity index (χ2v) is 7.37. The van der Waals surface area contributed by atoms with E-state index in [0.29, 0.717) is 6.42 Å². The normalized spacial score (nSPS) is 26.1. The average Bonchev–Trinajstić information content (AvgIpc) is 3.12. The highest BCUT2D eigenvalue weighted by atomic mass is 19.3. The maximum Gasteiger partial charge on any atom is 0.342 e. The Bertz CT molecular complexity index is 862. The van der Waals surface area contributed by atoms with E-state index in [1.54, 1.807) is 6.20 Å². The van der Waals surface area contributed by atoms with E-state index in [0.717, 1.165) is 17.7 Å². The van der Waals surface area contributed by atoms with E-state index in [1.807, 2.05) is 12.1 Å². The van der Waals surface area contributed by atoms with Crippen LogP contribution in [0.1, 0.15) is 66.3 Å². The van der Waals surface area contributed by atoms with Gasteiger partial charge in [0.15, 0.2) is 5.60 Å². The number of carbonyl (C=O) groups is 1. The Morgan fingerprint density at radius 3 is 2.92 bits per heavy atom. The number of halogens is 2. The summed E-state index contributed by atoms with van der Waals surface area (Å²) in [5.41, 5.74) is -0.113. The van der Waals surface area contributed by atoms with Crippen LogP contribution >= 0.6 is 0 Å². The lowest BCUT2D eigenvalue weighted by Gasteiger charge is -2.37. The number of aromatic nitrogens is 3. The summed E-state index contributed by atoms with van der Waals surface area (Å²) in [5, 5.41) is 3.70. The van der Waals surface area contributed by atoms with Gasteiger partial charge in [-0.15, -0.1) is 0 Å². The van der Waals surface area contributed by atoms with Gasteiger partial charge in [-0.3, -0.25) is 9.67 Å². The number of fused-ring (bicyclic) bond motifs is 5. The van der Waals surface area contributed by atoms with Crippen LogP contribution in [0, 0.1) is 5.41 Å². The molecule has 2 aromatic heterocycles. The first-order valence-corrected chi connectivity index (χ1v) is 8.28. The molecule has 0 amide bonds. The number of esters is 1. The van der Waals surface area contributed by atoms with E-state index in [9.17, 15) is 13.6 Å². The Morgan fingerprint density at radius 1 is 1.44 bits per heavy atom. The van der Waals surface area contributed by atoms with Crippen molar-refractivity contribution in [3.8, 4) is 0 Å². The highest BCUT2D eigenvalue weighted by molar-refractivity contribution is 5.91. The zero-order valence-electron chi connectivity index (χ0n) is 14.3. The molecule has 7 heteroatoms. The van der Waals surface area contributed by atoms with Gasteiger partial charge in [-0.05, 0) is 30.4 Å². The summed E-state index contributed by atoms with van der Waals surface area (Å²) in [7, 11) is 1.50. The van der Waals surface area contributed by atoms with E-state index >= 15 is 0 Å². The van der Waals surface area contributed by atoms with Gasteiger partial charge in [-0.25, -0.2) is 13.6 Å². The predicted octanol–water partition coefficient (Wildman–Crippen LogP) is 3.72. The van der Waals surface area contributed by atoms with Crippen LogP contribution in [0.5, 0.6) is 0 Å². The fraction of sp³-hybridized carbons (Fsp3) is 0.500. The number of ether oxygens (including phenoxy) is 1. The monoisotopic (exact) mass is 347 g/mol. The predicted molar refractivity (Wildman–Crippen MR) is 85.3 cm³/mol. The number of pyridine rings is 1. The molecule has 0 spiro atoms. The summed E-state index contributed by atoms with van der Waals surface area (Å²) < 4.78 is 33.5. The van der Waals surface area contributed by atoms with Gasteiger partial charge in [0.05, 0.1) is 5.69 Å². The van der Waals surface area contributed by atoms with Gasteiger partial charge in [-0.2, -0.15) is 5.10 Å². The van der Waals surface area contributed by atoms with Gasteiger partial charge in [0.25, 0.3) is 6.43 Å². The van der Waals surface area contributed by atoms with E-state index < -0.39 is 23.7 Å². The van der Waals surface area contributed by atoms with Crippen LogP contribution in [0.15, 0.2) is 24.5 Å². The second kappa shape index (κ2) is 5.09. The van der Waals surface area contributed by atoms with Crippen LogP contribution in [0.25, 0.3) is 0 Å². The SMILES string of the molecule is Cn1cc(C(=O)OC23CCC(c4cccnc42)C3(C)C)c(C(F)F)n1. The largest absolute Gasteiger partial charge is 0.448 e. The summed E-state index contributed by atoms with van der Waals surface area (Å²) in [4.78, 5) is 17.3. The molecule has 2 bridgehead atoms. The Kier molecular flexibility index (Phi) is 3.30. The standard InChI is InChI=1S/C18H19F2N3O2/c1-17(2)12-6-7-18(17,14-10(12)5-4-8-21-14)25-16(24)11-9-23(3)22-13(11)15(19)20/h4-5,8-9,12,15H,6-7H2,1-3H3. The first kappa shape index (κ1) is 16.2. The topological polar surface area (TPSA) is 57.0 Å². The van der Waals surface area contributed by atoms with Crippen molar-refractivity contribution in [2.24, 2.45) is 12.5 Å². The van der Waals surface area contributed by atoms with E-state index in [2.05, 4.69) is 23.9 Å². The van der Waals surface area contributed by atoms with Crippen LogP contribution in [0.3, 0.4) is 0 Å². The smallest absolute Gasteiger partial charge is 0.342 e. The molecule has 2 atom stereocenters. The van der Waals surface area contributed by atoms with Crippen molar-refractivity contribution in [3.63, 3.8) is 0 Å². The number of alkyl halides is 2. The number of aryl methyl sites for hydroxylation is 1. The Morgan fingerprint density at radius 2 is 2.20 bits per heavy atom. The second-order valence-electron chi connectivity index (χ2n) is 7.37. The van der Waals surface area contributed by atoms with Crippen molar-refractivity contribution < 1.29 is 18.3 Å². The van der Waals surface area contributed by atoms with Crippen molar-refractivity contribution in [1.29, 1.82) is 0 Å². The van der Waals surface area contributed by atoms with Gasteiger partial charge in [-0.1, -0.05) is 19.9 Å². The highest BCUT2D eigenvalue weighted by Gasteiger charge is 2.66. The molecular weight excluding hydrogens is 328 g/mol. The molecule has 2 aromatic rings. The first-order chi connectivity index (χ1) is 11.8. The fourth-order valence-electron chi connectivity index (χ4n) is 4.58. The van der Waals surface area contributed by atoms with Crippen LogP contribution < -0.4 is 0 Å². The van der Waals surface area contributed by atoms with Gasteiger partial charge in [0, 0.05) is 24.9 Å². The molecule has 0 aromatic carbocycles. The molecule has 2 unspecified atom stereocenters. The molecule has 4 rings (SSSR count). The number of rotatable bonds is 3. The summed E-state index contributed by atoms with van der Waals surface area (Å²) in [6.45, 7) is 4.10. The minimum atomic E-state index is -2.83. The Hall–Kier alpha value is -2.31. The number of hydrogen-bond acceptors (Lipinski definition) is 4. The third-order valence-corrected chi connectivity index (χ3v) is 5.84. The molecule has 0 saturated heterocycles. The average molecular weight is 347 g/mol. The minimum absolute atomic E-state index is 0.185. The molecule has 0 N–H and O–H groups in total. The van der Waals surface area contributed by atoms with Gasteiger partial charge in [0.2, 0.25) is 0 Å². The van der Waals surface area contributed by atoms with Crippen molar-refractivity contribution in [3.05, 3.63) is 47.0 Å². The third-order valence-electron chi connectivity index (χ3n) is 5.84. The van der Waals surface area contributed by atoms with Crippen LogP contribution in [-0.2, 0) is 17.4 Å². The van der Waals surface area contributed by atoms with Crippen molar-refractivity contribution in [2.75, 3.05) is 0 Å². The Labute approximate surface area is 144 Å². The maximum atomic E-state index is 13.2. The molecule has 132 valence electrons. The third kappa shape index (κ3) is 2.01. The number of nitrogens with zero attached hydrogens (tertiary/aromatic N) is 3. The quantitative estimate of drug-likeness (QED) is 0.794. The molecule has 25 heavy (non-hydrogen) atoms. The van der Waals surface area contributed by atoms with Crippen molar-refractivity contribution >= 4 is 5.97 Å². The zero-order chi connectivity index (χ0) is 18.0. The van der Waals surface area contributed by atoms with Crippen LogP contribution in [0.4, 0.5) is 8.78 Å². The summed E-state index contributed by atoms with van der Waals surface area (Å²) in [5.74, 6) is -0.525. The molecule has 2 aliphatic rings. The van der Waals surface area contributed by atoms with Gasteiger partial charge in [0.1, 0.15) is 11.3 Å². The summed E-state index contributed by atoms with van der Waals surface area (Å²) in [6, 6.07) is 3.89. The van der Waals surface area contributed by atoms with E-state index in [-0.39, 0.29) is 16.9 Å². The highest BCUT2D eigenvalue weighted by Crippen LogP contribution is 2.67. The maximum absolute atomic E-state index is 13.2. The van der Waals surface area contributed by atoms with E-state index in [1.165, 1.54) is 17.9 Å². The van der Waals surface area contributed by atoms with Crippen molar-refractivity contribution in [2.45, 2.75) is 44.6 Å². The minimum Gasteiger partial charge on any atom is -0.448 e. The van der Waals surface area contributed by atoms with Crippen LogP contribution in [0.2, 0.25) is 0 Å². The summed E-state index contributed by atoms with van der Waals surface area (Å²) >= 11 is 0. The van der Waals surface area contributed by atoms with Crippen molar-refractivity contribution in [1.82, 2.24) is 14.8 Å². The number of hydrogen-bond donors (Lipinski definition) is 0. The van der Waals surface area contributed by atoms with E-state index in [4.69, 9.17) is 4.74 Å². The molecule has 0 radical (unpaired) electrons. The van der Waals surface area contributed by atoms with Crippen LogP contribution in [-0.4, -0.2) is 20.7 Å². The Balaban J connectivity index is 1.77. The fourth-order valence-corrected chi connectivity index (χ4v) is 4.58. The number of carbonyl (C=O) groups excluding carboxylic acids is 1. The lowest BCUT2D eigenvalue weighted by Crippen LogP contribution is -2.40.